The molecule has 3 aliphatic rings. The minimum atomic E-state index is 0. The molecule has 2 heteroatoms. The van der Waals surface area contributed by atoms with Gasteiger partial charge in [0, 0.05) is 21.0 Å². The van der Waals surface area contributed by atoms with Crippen LogP contribution in [0.2, 0.25) is 0 Å². The molecule has 4 atom stereocenters. The second-order valence-electron chi connectivity index (χ2n) is 2.52. The van der Waals surface area contributed by atoms with Gasteiger partial charge >= 0.3 is 0 Å². The third-order valence-electron chi connectivity index (χ3n) is 1.94. The van der Waals surface area contributed by atoms with Crippen LogP contribution < -0.4 is 0 Å². The Morgan fingerprint density at radius 2 is 1.33 bits per heavy atom. The summed E-state index contributed by atoms with van der Waals surface area (Å²) in [5.74, 6) is 0. The van der Waals surface area contributed by atoms with Crippen LogP contribution in [0, 0.1) is 0 Å². The Labute approximate surface area is 64.5 Å². The first-order valence-electron chi connectivity index (χ1n) is 2.94. The van der Waals surface area contributed by atoms with Crippen LogP contribution in [0.5, 0.6) is 0 Å². The Kier molecular flexibility index (Phi) is 1.18. The smallest absolute Gasteiger partial charge is 0.0361 e. The molecule has 3 rings (SSSR count). The van der Waals surface area contributed by atoms with Crippen LogP contribution in [-0.2, 0) is 0 Å². The predicted octanol–water partition coefficient (Wildman–Crippen LogP) is 2.16. The van der Waals surface area contributed by atoms with Gasteiger partial charge in [0.2, 0.25) is 0 Å². The zero-order chi connectivity index (χ0) is 5.14. The zero-order valence-electron chi connectivity index (χ0n) is 4.28. The maximum atomic E-state index is 2.39. The summed E-state index contributed by atoms with van der Waals surface area (Å²) in [5, 5.41) is 3.95. The van der Waals surface area contributed by atoms with Gasteiger partial charge in [0.1, 0.15) is 0 Å². The van der Waals surface area contributed by atoms with Gasteiger partial charge in [-0.25, -0.2) is 0 Å². The largest absolute Gasteiger partial charge is 0.147 e. The number of fused-ring (bicyclic) bond motifs is 3. The third-order valence-corrected chi connectivity index (χ3v) is 4.81. The summed E-state index contributed by atoms with van der Waals surface area (Å²) in [7, 11) is 0. The second kappa shape index (κ2) is 1.73. The number of hydrogen-bond acceptors (Lipinski definition) is 2. The molecule has 0 spiro atoms. The van der Waals surface area contributed by atoms with E-state index in [-0.39, 0.29) is 7.43 Å². The predicted molar refractivity (Wildman–Crippen MR) is 46.2 cm³/mol. The summed E-state index contributed by atoms with van der Waals surface area (Å²) in [6.45, 7) is 0. The number of rotatable bonds is 0. The van der Waals surface area contributed by atoms with E-state index in [2.05, 4.69) is 35.7 Å². The first-order valence-corrected chi connectivity index (χ1v) is 4.83. The molecule has 0 amide bonds. The summed E-state index contributed by atoms with van der Waals surface area (Å²) in [4.78, 5) is 0. The van der Waals surface area contributed by atoms with Crippen LogP contribution in [-0.4, -0.2) is 21.0 Å². The van der Waals surface area contributed by atoms with E-state index in [0.29, 0.717) is 0 Å². The lowest BCUT2D eigenvalue weighted by atomic mass is 10.1. The second-order valence-corrected chi connectivity index (χ2v) is 5.24. The summed E-state index contributed by atoms with van der Waals surface area (Å²) < 4.78 is 0. The van der Waals surface area contributed by atoms with Crippen LogP contribution in [0.1, 0.15) is 7.43 Å². The maximum absolute atomic E-state index is 2.39. The fourth-order valence-electron chi connectivity index (χ4n) is 1.33. The molecule has 4 unspecified atom stereocenters. The lowest BCUT2D eigenvalue weighted by Crippen LogP contribution is -2.06. The molecule has 0 aromatic carbocycles. The van der Waals surface area contributed by atoms with Crippen molar-refractivity contribution in [3.63, 3.8) is 0 Å². The van der Waals surface area contributed by atoms with Crippen LogP contribution >= 0.6 is 23.5 Å². The number of hydrogen-bond donors (Lipinski definition) is 0. The van der Waals surface area contributed by atoms with Crippen LogP contribution in [0.25, 0.3) is 0 Å². The van der Waals surface area contributed by atoms with Crippen molar-refractivity contribution in [1.29, 1.82) is 0 Å². The Morgan fingerprint density at radius 1 is 0.889 bits per heavy atom. The van der Waals surface area contributed by atoms with Gasteiger partial charge in [0.05, 0.1) is 0 Å². The van der Waals surface area contributed by atoms with Gasteiger partial charge in [-0.15, -0.1) is 23.5 Å². The summed E-state index contributed by atoms with van der Waals surface area (Å²) in [5.41, 5.74) is 0. The SMILES string of the molecule is C.C1=CC2SC2C2SC12. The highest BCUT2D eigenvalue weighted by Gasteiger charge is 2.56. The summed E-state index contributed by atoms with van der Waals surface area (Å²) in [6.07, 6.45) is 4.77. The standard InChI is InChI=1S/C6H6S2.CH4/c1-2-4-6(8-4)5-3(1)7-5;/h1-6H;1H4. The lowest BCUT2D eigenvalue weighted by Gasteiger charge is -1.91. The van der Waals surface area contributed by atoms with Crippen molar-refractivity contribution in [3.05, 3.63) is 12.2 Å². The van der Waals surface area contributed by atoms with Crippen molar-refractivity contribution in [3.8, 4) is 0 Å². The molecule has 0 radical (unpaired) electrons. The van der Waals surface area contributed by atoms with Crippen molar-refractivity contribution in [2.75, 3.05) is 0 Å². The highest BCUT2D eigenvalue weighted by atomic mass is 32.2. The zero-order valence-corrected chi connectivity index (χ0v) is 5.91. The lowest BCUT2D eigenvalue weighted by molar-refractivity contribution is 0.934. The monoisotopic (exact) mass is 158 g/mol. The molecule has 2 heterocycles. The molecule has 50 valence electrons. The molecule has 9 heavy (non-hydrogen) atoms. The van der Waals surface area contributed by atoms with E-state index >= 15 is 0 Å². The van der Waals surface area contributed by atoms with E-state index in [9.17, 15) is 0 Å². The van der Waals surface area contributed by atoms with Gasteiger partial charge in [-0.1, -0.05) is 19.6 Å². The molecule has 2 saturated heterocycles. The van der Waals surface area contributed by atoms with Crippen LogP contribution in [0.4, 0.5) is 0 Å². The van der Waals surface area contributed by atoms with Crippen molar-refractivity contribution < 1.29 is 0 Å². The molecule has 0 aromatic heterocycles. The van der Waals surface area contributed by atoms with Gasteiger partial charge in [0.15, 0.2) is 0 Å². The van der Waals surface area contributed by atoms with Gasteiger partial charge < -0.3 is 0 Å². The van der Waals surface area contributed by atoms with Gasteiger partial charge in [-0.05, 0) is 0 Å². The molecule has 0 N–H and O–H groups in total. The summed E-state index contributed by atoms with van der Waals surface area (Å²) in [6, 6.07) is 0. The van der Waals surface area contributed by atoms with E-state index in [1.54, 1.807) is 0 Å². The van der Waals surface area contributed by atoms with Gasteiger partial charge in [-0.3, -0.25) is 0 Å². The average molecular weight is 158 g/mol. The fraction of sp³-hybridized carbons (Fsp3) is 0.714. The quantitative estimate of drug-likeness (QED) is 0.391. The molecule has 0 saturated carbocycles. The fourth-order valence-corrected chi connectivity index (χ4v) is 3.99. The Morgan fingerprint density at radius 3 is 1.78 bits per heavy atom. The molecule has 2 aliphatic heterocycles. The molecular formula is C7H10S2. The van der Waals surface area contributed by atoms with Crippen molar-refractivity contribution in [1.82, 2.24) is 0 Å². The highest BCUT2D eigenvalue weighted by Crippen LogP contribution is 2.62. The van der Waals surface area contributed by atoms with Crippen molar-refractivity contribution in [2.24, 2.45) is 0 Å². The molecule has 0 bridgehead atoms. The van der Waals surface area contributed by atoms with Gasteiger partial charge in [0.25, 0.3) is 0 Å². The Bertz CT molecular complexity index is 146. The molecule has 0 nitrogen and oxygen atoms in total. The Hall–Kier alpha value is 0.440. The average Bonchev–Trinajstić information content (AvgIpc) is 2.59. The highest BCUT2D eigenvalue weighted by molar-refractivity contribution is 8.13. The van der Waals surface area contributed by atoms with E-state index in [1.165, 1.54) is 0 Å². The van der Waals surface area contributed by atoms with E-state index in [1.807, 2.05) is 0 Å². The molecule has 2 fully saturated rings. The molecule has 0 aromatic rings. The minimum absolute atomic E-state index is 0. The van der Waals surface area contributed by atoms with E-state index in [0.717, 1.165) is 21.0 Å². The first-order chi connectivity index (χ1) is 3.95. The first kappa shape index (κ1) is 6.17. The third kappa shape index (κ3) is 0.761. The normalized spacial score (nSPS) is 56.9. The van der Waals surface area contributed by atoms with Crippen molar-refractivity contribution >= 4 is 23.5 Å². The van der Waals surface area contributed by atoms with Crippen molar-refractivity contribution in [2.45, 2.75) is 28.4 Å². The number of thioether (sulfide) groups is 2. The Balaban J connectivity index is 0.000000333. The molecular weight excluding hydrogens is 148 g/mol. The van der Waals surface area contributed by atoms with E-state index in [4.69, 9.17) is 0 Å². The van der Waals surface area contributed by atoms with Gasteiger partial charge in [-0.2, -0.15) is 0 Å². The maximum Gasteiger partial charge on any atom is 0.0361 e. The minimum Gasteiger partial charge on any atom is -0.147 e. The topological polar surface area (TPSA) is 0 Å². The van der Waals surface area contributed by atoms with Crippen LogP contribution in [0.15, 0.2) is 12.2 Å². The van der Waals surface area contributed by atoms with E-state index < -0.39 is 0 Å². The summed E-state index contributed by atoms with van der Waals surface area (Å²) >= 11 is 4.28. The molecule has 1 aliphatic carbocycles. The van der Waals surface area contributed by atoms with Crippen LogP contribution in [0.3, 0.4) is 0 Å².